The fraction of sp³-hybridized carbons (Fsp3) is 0.185. The van der Waals surface area contributed by atoms with Gasteiger partial charge in [0.15, 0.2) is 11.5 Å². The molecular formula is C27H23NO7. The number of rotatable bonds is 7. The maximum Gasteiger partial charge on any atom is 0.296 e. The Labute approximate surface area is 201 Å². The molecule has 1 amide bonds. The molecule has 2 aliphatic rings. The molecule has 8 heteroatoms. The van der Waals surface area contributed by atoms with Crippen LogP contribution in [0.25, 0.3) is 5.76 Å². The number of benzene rings is 2. The van der Waals surface area contributed by atoms with Crippen molar-refractivity contribution in [3.05, 3.63) is 96.0 Å². The van der Waals surface area contributed by atoms with Crippen LogP contribution in [0.4, 0.5) is 0 Å². The lowest BCUT2D eigenvalue weighted by Crippen LogP contribution is -2.29. The molecule has 0 spiro atoms. The van der Waals surface area contributed by atoms with Crippen molar-refractivity contribution < 1.29 is 33.3 Å². The topological polar surface area (TPSA) is 98.4 Å². The minimum absolute atomic E-state index is 0.0157. The maximum absolute atomic E-state index is 13.2. The third kappa shape index (κ3) is 4.26. The molecular weight excluding hydrogens is 450 g/mol. The van der Waals surface area contributed by atoms with Gasteiger partial charge < -0.3 is 28.6 Å². The minimum Gasteiger partial charge on any atom is -0.507 e. The fourth-order valence-electron chi connectivity index (χ4n) is 4.21. The molecule has 1 atom stereocenters. The summed E-state index contributed by atoms with van der Waals surface area (Å²) in [7, 11) is 0. The van der Waals surface area contributed by atoms with E-state index < -0.39 is 17.7 Å². The van der Waals surface area contributed by atoms with Gasteiger partial charge in [0.05, 0.1) is 24.4 Å². The molecule has 0 aliphatic carbocycles. The number of furan rings is 1. The molecule has 0 bridgehead atoms. The Hall–Kier alpha value is -4.46. The Balaban J connectivity index is 1.59. The lowest BCUT2D eigenvalue weighted by Gasteiger charge is -2.25. The van der Waals surface area contributed by atoms with Crippen molar-refractivity contribution in [3.8, 4) is 17.2 Å². The molecule has 1 saturated heterocycles. The standard InChI is InChI=1S/C27H23NO7/c1-2-11-32-19-8-5-17(6-9-19)24-23(26(30)27(31)28(24)16-20-4-3-12-33-20)25(29)18-7-10-21-22(15-18)35-14-13-34-21/h2-10,12,15,24,29H,1,11,13-14,16H2. The predicted octanol–water partition coefficient (Wildman–Crippen LogP) is 4.24. The molecule has 178 valence electrons. The van der Waals surface area contributed by atoms with E-state index in [1.165, 1.54) is 11.2 Å². The van der Waals surface area contributed by atoms with E-state index in [4.69, 9.17) is 18.6 Å². The second-order valence-electron chi connectivity index (χ2n) is 8.03. The van der Waals surface area contributed by atoms with Crippen LogP contribution in [-0.4, -0.2) is 41.5 Å². The highest BCUT2D eigenvalue weighted by molar-refractivity contribution is 6.46. The quantitative estimate of drug-likeness (QED) is 0.237. The number of amides is 1. The Morgan fingerprint density at radius 3 is 2.57 bits per heavy atom. The Kier molecular flexibility index (Phi) is 6.01. The van der Waals surface area contributed by atoms with Gasteiger partial charge in [-0.2, -0.15) is 0 Å². The normalized spacial score (nSPS) is 18.5. The number of fused-ring (bicyclic) bond motifs is 1. The molecule has 0 saturated carbocycles. The highest BCUT2D eigenvalue weighted by Gasteiger charge is 2.46. The average molecular weight is 473 g/mol. The second kappa shape index (κ2) is 9.42. The van der Waals surface area contributed by atoms with Gasteiger partial charge in [-0.25, -0.2) is 0 Å². The van der Waals surface area contributed by atoms with Crippen LogP contribution in [0.1, 0.15) is 22.9 Å². The summed E-state index contributed by atoms with van der Waals surface area (Å²) in [6.45, 7) is 4.86. The molecule has 1 fully saturated rings. The monoisotopic (exact) mass is 473 g/mol. The average Bonchev–Trinajstić information content (AvgIpc) is 3.49. The zero-order valence-corrected chi connectivity index (χ0v) is 18.8. The van der Waals surface area contributed by atoms with E-state index in [1.807, 2.05) is 0 Å². The minimum atomic E-state index is -0.832. The number of hydrogen-bond donors (Lipinski definition) is 1. The summed E-state index contributed by atoms with van der Waals surface area (Å²) in [5.41, 5.74) is 0.972. The van der Waals surface area contributed by atoms with E-state index >= 15 is 0 Å². The van der Waals surface area contributed by atoms with Crippen molar-refractivity contribution in [3.63, 3.8) is 0 Å². The molecule has 2 aromatic carbocycles. The zero-order chi connectivity index (χ0) is 24.4. The molecule has 1 N–H and O–H groups in total. The first-order valence-corrected chi connectivity index (χ1v) is 11.1. The number of carbonyl (C=O) groups excluding carboxylic acids is 2. The summed E-state index contributed by atoms with van der Waals surface area (Å²) in [4.78, 5) is 27.7. The fourth-order valence-corrected chi connectivity index (χ4v) is 4.21. The van der Waals surface area contributed by atoms with E-state index in [2.05, 4.69) is 6.58 Å². The number of hydrogen-bond acceptors (Lipinski definition) is 7. The smallest absolute Gasteiger partial charge is 0.296 e. The molecule has 1 aromatic heterocycles. The predicted molar refractivity (Wildman–Crippen MR) is 126 cm³/mol. The first-order chi connectivity index (χ1) is 17.1. The van der Waals surface area contributed by atoms with Gasteiger partial charge in [-0.05, 0) is 48.0 Å². The number of ether oxygens (including phenoxy) is 3. The highest BCUT2D eigenvalue weighted by atomic mass is 16.6. The van der Waals surface area contributed by atoms with Crippen molar-refractivity contribution in [2.45, 2.75) is 12.6 Å². The van der Waals surface area contributed by atoms with Crippen LogP contribution >= 0.6 is 0 Å². The molecule has 5 rings (SSSR count). The molecule has 2 aliphatic heterocycles. The summed E-state index contributed by atoms with van der Waals surface area (Å²) in [6, 6.07) is 14.5. The van der Waals surface area contributed by atoms with Crippen molar-refractivity contribution in [2.75, 3.05) is 19.8 Å². The summed E-state index contributed by atoms with van der Waals surface area (Å²) in [5.74, 6) is 0.353. The molecule has 3 aromatic rings. The van der Waals surface area contributed by atoms with Crippen molar-refractivity contribution in [1.29, 1.82) is 0 Å². The van der Waals surface area contributed by atoms with Gasteiger partial charge in [-0.15, -0.1) is 0 Å². The van der Waals surface area contributed by atoms with Gasteiger partial charge >= 0.3 is 0 Å². The van der Waals surface area contributed by atoms with E-state index in [0.717, 1.165) is 0 Å². The summed E-state index contributed by atoms with van der Waals surface area (Å²) in [5, 5.41) is 11.3. The molecule has 0 radical (unpaired) electrons. The largest absolute Gasteiger partial charge is 0.507 e. The third-order valence-electron chi connectivity index (χ3n) is 5.83. The van der Waals surface area contributed by atoms with Gasteiger partial charge in [-0.1, -0.05) is 24.8 Å². The van der Waals surface area contributed by atoms with Crippen LogP contribution < -0.4 is 14.2 Å². The van der Waals surface area contributed by atoms with Crippen LogP contribution in [0.5, 0.6) is 17.2 Å². The summed E-state index contributed by atoms with van der Waals surface area (Å²) >= 11 is 0. The lowest BCUT2D eigenvalue weighted by molar-refractivity contribution is -0.140. The number of likely N-dealkylation sites (tertiary alicyclic amines) is 1. The molecule has 8 nitrogen and oxygen atoms in total. The molecule has 1 unspecified atom stereocenters. The number of ketones is 1. The SMILES string of the molecule is C=CCOc1ccc(C2C(=C(O)c3ccc4c(c3)OCCO4)C(=O)C(=O)N2Cc2ccco2)cc1. The number of aliphatic hydroxyl groups excluding tert-OH is 1. The second-order valence-corrected chi connectivity index (χ2v) is 8.03. The Bertz CT molecular complexity index is 1290. The number of carbonyl (C=O) groups is 2. The van der Waals surface area contributed by atoms with E-state index in [-0.39, 0.29) is 17.9 Å². The zero-order valence-electron chi connectivity index (χ0n) is 18.8. The van der Waals surface area contributed by atoms with Crippen LogP contribution in [0, 0.1) is 0 Å². The third-order valence-corrected chi connectivity index (χ3v) is 5.83. The van der Waals surface area contributed by atoms with E-state index in [9.17, 15) is 14.7 Å². The van der Waals surface area contributed by atoms with Gasteiger partial charge in [0.25, 0.3) is 11.7 Å². The first kappa shape index (κ1) is 22.3. The molecule has 3 heterocycles. The number of Topliss-reactive ketones (excluding diaryl/α,β-unsaturated/α-hetero) is 1. The summed E-state index contributed by atoms with van der Waals surface area (Å²) < 4.78 is 22.1. The van der Waals surface area contributed by atoms with Crippen LogP contribution in [0.2, 0.25) is 0 Å². The lowest BCUT2D eigenvalue weighted by atomic mass is 9.95. The molecule has 35 heavy (non-hydrogen) atoms. The van der Waals surface area contributed by atoms with Crippen LogP contribution in [0.15, 0.2) is 83.5 Å². The van der Waals surface area contributed by atoms with E-state index in [0.29, 0.717) is 54.0 Å². The van der Waals surface area contributed by atoms with Gasteiger partial charge in [-0.3, -0.25) is 9.59 Å². The number of nitrogens with zero attached hydrogens (tertiary/aromatic N) is 1. The van der Waals surface area contributed by atoms with Gasteiger partial charge in [0.1, 0.15) is 37.1 Å². The van der Waals surface area contributed by atoms with E-state index in [1.54, 1.807) is 60.7 Å². The van der Waals surface area contributed by atoms with Crippen molar-refractivity contribution >= 4 is 17.4 Å². The highest BCUT2D eigenvalue weighted by Crippen LogP contribution is 2.42. The number of aliphatic hydroxyl groups is 1. The van der Waals surface area contributed by atoms with Crippen molar-refractivity contribution in [1.82, 2.24) is 4.90 Å². The summed E-state index contributed by atoms with van der Waals surface area (Å²) in [6.07, 6.45) is 3.14. The first-order valence-electron chi connectivity index (χ1n) is 11.1. The van der Waals surface area contributed by atoms with Crippen molar-refractivity contribution in [2.24, 2.45) is 0 Å². The Morgan fingerprint density at radius 2 is 1.86 bits per heavy atom. The maximum atomic E-state index is 13.2. The van der Waals surface area contributed by atoms with Gasteiger partial charge in [0.2, 0.25) is 0 Å². The van der Waals surface area contributed by atoms with Crippen LogP contribution in [0.3, 0.4) is 0 Å². The Morgan fingerprint density at radius 1 is 1.09 bits per heavy atom. The van der Waals surface area contributed by atoms with Crippen LogP contribution in [-0.2, 0) is 16.1 Å². The van der Waals surface area contributed by atoms with Gasteiger partial charge in [0, 0.05) is 5.56 Å².